The molecule has 1 fully saturated rings. The monoisotopic (exact) mass is 243 g/mol. The van der Waals surface area contributed by atoms with Gasteiger partial charge in [-0.2, -0.15) is 5.26 Å². The molecule has 18 heavy (non-hydrogen) atoms. The minimum absolute atomic E-state index is 0.507. The Morgan fingerprint density at radius 1 is 1.33 bits per heavy atom. The number of likely N-dealkylation sites (tertiary alicyclic amines) is 1. The number of nitrogens with one attached hydrogen (secondary N) is 1. The van der Waals surface area contributed by atoms with Crippen LogP contribution >= 0.6 is 0 Å². The van der Waals surface area contributed by atoms with E-state index in [1.807, 2.05) is 24.3 Å². The average Bonchev–Trinajstić information content (AvgIpc) is 2.42. The molecule has 2 rings (SSSR count). The number of hydrogen-bond acceptors (Lipinski definition) is 3. The summed E-state index contributed by atoms with van der Waals surface area (Å²) in [5, 5.41) is 12.6. The maximum Gasteiger partial charge on any atom is 0.101 e. The number of hydrogen-bond donors (Lipinski definition) is 1. The highest BCUT2D eigenvalue weighted by atomic mass is 15.1. The van der Waals surface area contributed by atoms with Gasteiger partial charge in [-0.1, -0.05) is 19.1 Å². The lowest BCUT2D eigenvalue weighted by Gasteiger charge is -2.32. The zero-order chi connectivity index (χ0) is 12.8. The number of piperidine rings is 1. The molecule has 3 nitrogen and oxygen atoms in total. The second-order valence-electron chi connectivity index (χ2n) is 4.92. The smallest absolute Gasteiger partial charge is 0.101 e. The van der Waals surface area contributed by atoms with Crippen molar-refractivity contribution in [3.05, 3.63) is 29.8 Å². The third kappa shape index (κ3) is 3.24. The largest absolute Gasteiger partial charge is 0.381 e. The number of para-hydroxylation sites is 1. The van der Waals surface area contributed by atoms with Crippen LogP contribution in [0.5, 0.6) is 0 Å². The molecule has 0 saturated carbocycles. The summed E-state index contributed by atoms with van der Waals surface area (Å²) in [7, 11) is 0. The van der Waals surface area contributed by atoms with E-state index in [1.54, 1.807) is 0 Å². The van der Waals surface area contributed by atoms with Crippen LogP contribution in [0.25, 0.3) is 0 Å². The Hall–Kier alpha value is -1.53. The average molecular weight is 243 g/mol. The fourth-order valence-electron chi connectivity index (χ4n) is 2.54. The summed E-state index contributed by atoms with van der Waals surface area (Å²) in [6, 6.07) is 10.5. The summed E-state index contributed by atoms with van der Waals surface area (Å²) in [5.41, 5.74) is 1.72. The Kier molecular flexibility index (Phi) is 4.60. The predicted octanol–water partition coefficient (Wildman–Crippen LogP) is 2.84. The van der Waals surface area contributed by atoms with Gasteiger partial charge in [-0.15, -0.1) is 0 Å². The minimum atomic E-state index is 0.507. The van der Waals surface area contributed by atoms with E-state index in [0.29, 0.717) is 6.04 Å². The highest BCUT2D eigenvalue weighted by Gasteiger charge is 2.18. The van der Waals surface area contributed by atoms with Crippen molar-refractivity contribution in [2.75, 3.05) is 25.0 Å². The normalized spacial score (nSPS) is 17.3. The molecule has 0 atom stereocenters. The third-order valence-electron chi connectivity index (χ3n) is 3.53. The van der Waals surface area contributed by atoms with Gasteiger partial charge in [0.25, 0.3) is 0 Å². The van der Waals surface area contributed by atoms with E-state index in [1.165, 1.54) is 38.9 Å². The molecule has 0 bridgehead atoms. The van der Waals surface area contributed by atoms with Crippen molar-refractivity contribution in [3.63, 3.8) is 0 Å². The Morgan fingerprint density at radius 3 is 2.72 bits per heavy atom. The van der Waals surface area contributed by atoms with Gasteiger partial charge in [-0.25, -0.2) is 0 Å². The fraction of sp³-hybridized carbons (Fsp3) is 0.533. The Labute approximate surface area is 109 Å². The van der Waals surface area contributed by atoms with Gasteiger partial charge in [-0.05, 0) is 37.9 Å². The van der Waals surface area contributed by atoms with E-state index in [-0.39, 0.29) is 0 Å². The molecule has 1 saturated heterocycles. The Bertz CT molecular complexity index is 414. The van der Waals surface area contributed by atoms with Crippen LogP contribution in [0.2, 0.25) is 0 Å². The summed E-state index contributed by atoms with van der Waals surface area (Å²) in [6.45, 7) is 5.77. The lowest BCUT2D eigenvalue weighted by atomic mass is 10.0. The quantitative estimate of drug-likeness (QED) is 0.883. The van der Waals surface area contributed by atoms with Crippen LogP contribution in [0.4, 0.5) is 5.69 Å². The summed E-state index contributed by atoms with van der Waals surface area (Å²) in [6.07, 6.45) is 3.56. The highest BCUT2D eigenvalue weighted by Crippen LogP contribution is 2.19. The number of benzene rings is 1. The molecule has 3 heteroatoms. The minimum Gasteiger partial charge on any atom is -0.381 e. The number of nitrogens with zero attached hydrogens (tertiary/aromatic N) is 2. The van der Waals surface area contributed by atoms with Crippen LogP contribution in [-0.4, -0.2) is 30.6 Å². The molecular weight excluding hydrogens is 222 g/mol. The Morgan fingerprint density at radius 2 is 2.06 bits per heavy atom. The van der Waals surface area contributed by atoms with Crippen molar-refractivity contribution in [1.82, 2.24) is 4.90 Å². The molecule has 1 aromatic carbocycles. The molecule has 1 aromatic rings. The van der Waals surface area contributed by atoms with Crippen molar-refractivity contribution in [1.29, 1.82) is 5.26 Å². The van der Waals surface area contributed by atoms with Crippen molar-refractivity contribution in [2.45, 2.75) is 32.2 Å². The van der Waals surface area contributed by atoms with E-state index < -0.39 is 0 Å². The standard InChI is InChI=1S/C15H21N3/c1-2-9-18-10-7-14(8-11-18)17-15-6-4-3-5-13(15)12-16/h3-6,14,17H,2,7-11H2,1H3. The van der Waals surface area contributed by atoms with Gasteiger partial charge in [0.15, 0.2) is 0 Å². The number of rotatable bonds is 4. The predicted molar refractivity (Wildman–Crippen MR) is 74.5 cm³/mol. The van der Waals surface area contributed by atoms with E-state index in [0.717, 1.165) is 11.3 Å². The first kappa shape index (κ1) is 12.9. The van der Waals surface area contributed by atoms with E-state index in [2.05, 4.69) is 23.2 Å². The van der Waals surface area contributed by atoms with Gasteiger partial charge in [0, 0.05) is 19.1 Å². The molecular formula is C15H21N3. The maximum atomic E-state index is 9.06. The summed E-state index contributed by atoms with van der Waals surface area (Å²) in [4.78, 5) is 2.52. The molecule has 96 valence electrons. The summed E-state index contributed by atoms with van der Waals surface area (Å²) in [5.74, 6) is 0. The van der Waals surface area contributed by atoms with Crippen LogP contribution < -0.4 is 5.32 Å². The SMILES string of the molecule is CCCN1CCC(Nc2ccccc2C#N)CC1. The van der Waals surface area contributed by atoms with E-state index in [4.69, 9.17) is 5.26 Å². The van der Waals surface area contributed by atoms with Crippen molar-refractivity contribution in [3.8, 4) is 6.07 Å². The Balaban J connectivity index is 1.90. The van der Waals surface area contributed by atoms with Crippen LogP contribution in [0.15, 0.2) is 24.3 Å². The molecule has 0 spiro atoms. The van der Waals surface area contributed by atoms with Crippen molar-refractivity contribution >= 4 is 5.69 Å². The highest BCUT2D eigenvalue weighted by molar-refractivity contribution is 5.57. The van der Waals surface area contributed by atoms with Gasteiger partial charge in [0.2, 0.25) is 0 Å². The van der Waals surface area contributed by atoms with E-state index in [9.17, 15) is 0 Å². The van der Waals surface area contributed by atoms with Gasteiger partial charge in [0.1, 0.15) is 6.07 Å². The second kappa shape index (κ2) is 6.42. The first-order valence-corrected chi connectivity index (χ1v) is 6.81. The van der Waals surface area contributed by atoms with Crippen LogP contribution in [0.3, 0.4) is 0 Å². The molecule has 1 heterocycles. The molecule has 0 radical (unpaired) electrons. The van der Waals surface area contributed by atoms with Crippen LogP contribution in [0, 0.1) is 11.3 Å². The molecule has 1 aliphatic heterocycles. The molecule has 1 N–H and O–H groups in total. The first-order valence-electron chi connectivity index (χ1n) is 6.81. The summed E-state index contributed by atoms with van der Waals surface area (Å²) >= 11 is 0. The molecule has 0 amide bonds. The zero-order valence-corrected chi connectivity index (χ0v) is 11.0. The lowest BCUT2D eigenvalue weighted by molar-refractivity contribution is 0.219. The molecule has 0 aliphatic carbocycles. The molecule has 1 aliphatic rings. The number of nitriles is 1. The second-order valence-corrected chi connectivity index (χ2v) is 4.92. The van der Waals surface area contributed by atoms with Crippen molar-refractivity contribution in [2.24, 2.45) is 0 Å². The van der Waals surface area contributed by atoms with Gasteiger partial charge >= 0.3 is 0 Å². The molecule has 0 unspecified atom stereocenters. The van der Waals surface area contributed by atoms with Crippen LogP contribution in [-0.2, 0) is 0 Å². The number of anilines is 1. The van der Waals surface area contributed by atoms with Gasteiger partial charge < -0.3 is 10.2 Å². The van der Waals surface area contributed by atoms with Crippen LogP contribution in [0.1, 0.15) is 31.7 Å². The van der Waals surface area contributed by atoms with Gasteiger partial charge in [0.05, 0.1) is 11.3 Å². The third-order valence-corrected chi connectivity index (χ3v) is 3.53. The van der Waals surface area contributed by atoms with E-state index >= 15 is 0 Å². The maximum absolute atomic E-state index is 9.06. The first-order chi connectivity index (χ1) is 8.83. The lowest BCUT2D eigenvalue weighted by Crippen LogP contribution is -2.39. The topological polar surface area (TPSA) is 39.1 Å². The van der Waals surface area contributed by atoms with Crippen molar-refractivity contribution < 1.29 is 0 Å². The fourth-order valence-corrected chi connectivity index (χ4v) is 2.54. The zero-order valence-electron chi connectivity index (χ0n) is 11.0. The summed E-state index contributed by atoms with van der Waals surface area (Å²) < 4.78 is 0. The molecule has 0 aromatic heterocycles. The van der Waals surface area contributed by atoms with Gasteiger partial charge in [-0.3, -0.25) is 0 Å².